The number of nitrogens with two attached hydrogens (primary N) is 3. The van der Waals surface area contributed by atoms with Gasteiger partial charge in [0.2, 0.25) is 17.7 Å². The van der Waals surface area contributed by atoms with Gasteiger partial charge in [0, 0.05) is 13.0 Å². The summed E-state index contributed by atoms with van der Waals surface area (Å²) in [6, 6.07) is -4.49. The summed E-state index contributed by atoms with van der Waals surface area (Å²) in [5, 5.41) is 25.8. The quantitative estimate of drug-likeness (QED) is 0.0601. The number of carboxylic acid groups (broad SMARTS) is 2. The topological polar surface area (TPSA) is 252 Å². The molecule has 0 aromatic heterocycles. The number of nitrogens with zero attached hydrogens (tertiary/aromatic N) is 1. The highest BCUT2D eigenvalue weighted by Crippen LogP contribution is 2.12. The van der Waals surface area contributed by atoms with Crippen molar-refractivity contribution < 1.29 is 34.2 Å². The maximum atomic E-state index is 13.2. The minimum Gasteiger partial charge on any atom is -0.481 e. The molecule has 0 heterocycles. The monoisotopic (exact) mass is 529 g/mol. The average molecular weight is 530 g/mol. The zero-order chi connectivity index (χ0) is 28.7. The molecule has 37 heavy (non-hydrogen) atoms. The van der Waals surface area contributed by atoms with Crippen molar-refractivity contribution >= 4 is 35.6 Å². The highest BCUT2D eigenvalue weighted by Gasteiger charge is 2.33. The van der Waals surface area contributed by atoms with E-state index >= 15 is 0 Å². The first-order valence-electron chi connectivity index (χ1n) is 12.4. The number of carboxylic acids is 2. The van der Waals surface area contributed by atoms with Crippen LogP contribution in [0, 0.1) is 11.8 Å². The van der Waals surface area contributed by atoms with Crippen LogP contribution in [0.2, 0.25) is 0 Å². The van der Waals surface area contributed by atoms with Gasteiger partial charge in [-0.15, -0.1) is 0 Å². The minimum atomic E-state index is -1.45. The summed E-state index contributed by atoms with van der Waals surface area (Å²) >= 11 is 0. The molecule has 6 atom stereocenters. The van der Waals surface area contributed by atoms with Gasteiger partial charge in [-0.1, -0.05) is 40.5 Å². The van der Waals surface area contributed by atoms with Crippen LogP contribution in [0.1, 0.15) is 66.2 Å². The molecule has 0 aliphatic carbocycles. The zero-order valence-electron chi connectivity index (χ0n) is 22.0. The summed E-state index contributed by atoms with van der Waals surface area (Å²) in [4.78, 5) is 65.1. The Bertz CT molecular complexity index is 817. The number of hydrogen-bond acceptors (Lipinski definition) is 7. The molecule has 0 bridgehead atoms. The Morgan fingerprint density at radius 3 is 1.86 bits per heavy atom. The Morgan fingerprint density at radius 2 is 1.38 bits per heavy atom. The zero-order valence-corrected chi connectivity index (χ0v) is 22.0. The predicted molar refractivity (Wildman–Crippen MR) is 137 cm³/mol. The molecular weight excluding hydrogens is 486 g/mol. The lowest BCUT2D eigenvalue weighted by Crippen LogP contribution is -2.59. The first-order valence-corrected chi connectivity index (χ1v) is 12.4. The number of amides is 3. The Kier molecular flexibility index (Phi) is 15.5. The molecular formula is C23H43N7O7. The number of carbonyl (C=O) groups is 5. The standard InChI is InChI=1S/C23H43N7O7/c1-5-12(3)17(24)20(34)28-14(8-7-11-27-23(25)26)19(33)30-18(13(4)6-2)21(35)29-15(22(36)37)9-10-16(31)32/h12-15,17-18H,5-11,24H2,1-4H3,(H,28,34)(H,29,35)(H,30,33)(H,31,32)(H,36,37)(H4,25,26,27). The number of hydrogen-bond donors (Lipinski definition) is 8. The van der Waals surface area contributed by atoms with Crippen molar-refractivity contribution in [3.63, 3.8) is 0 Å². The molecule has 14 heteroatoms. The fourth-order valence-electron chi connectivity index (χ4n) is 3.30. The Balaban J connectivity index is 5.71. The van der Waals surface area contributed by atoms with E-state index in [0.717, 1.165) is 0 Å². The summed E-state index contributed by atoms with van der Waals surface area (Å²) in [6.45, 7) is 7.38. The Hall–Kier alpha value is -3.42. The van der Waals surface area contributed by atoms with Crippen LogP contribution in [-0.4, -0.2) is 76.5 Å². The van der Waals surface area contributed by atoms with E-state index in [1.807, 2.05) is 13.8 Å². The van der Waals surface area contributed by atoms with Gasteiger partial charge >= 0.3 is 11.9 Å². The van der Waals surface area contributed by atoms with Crippen LogP contribution in [0.15, 0.2) is 4.99 Å². The summed E-state index contributed by atoms with van der Waals surface area (Å²) in [5.41, 5.74) is 16.7. The van der Waals surface area contributed by atoms with Crippen LogP contribution in [0.3, 0.4) is 0 Å². The molecule has 6 unspecified atom stereocenters. The molecule has 0 spiro atoms. The normalized spacial score (nSPS) is 15.7. The molecule has 0 aliphatic heterocycles. The van der Waals surface area contributed by atoms with Crippen LogP contribution < -0.4 is 33.2 Å². The van der Waals surface area contributed by atoms with Gasteiger partial charge in [-0.05, 0) is 31.1 Å². The van der Waals surface area contributed by atoms with Gasteiger partial charge in [0.15, 0.2) is 5.96 Å². The molecule has 0 radical (unpaired) electrons. The van der Waals surface area contributed by atoms with Gasteiger partial charge in [-0.25, -0.2) is 4.79 Å². The van der Waals surface area contributed by atoms with Gasteiger partial charge in [0.1, 0.15) is 18.1 Å². The summed E-state index contributed by atoms with van der Waals surface area (Å²) < 4.78 is 0. The van der Waals surface area contributed by atoms with Gasteiger partial charge in [0.05, 0.1) is 6.04 Å². The molecule has 0 rings (SSSR count). The molecule has 14 nitrogen and oxygen atoms in total. The van der Waals surface area contributed by atoms with Gasteiger partial charge < -0.3 is 43.4 Å². The Labute approximate surface area is 217 Å². The maximum absolute atomic E-state index is 13.2. The van der Waals surface area contributed by atoms with Crippen molar-refractivity contribution in [3.8, 4) is 0 Å². The van der Waals surface area contributed by atoms with Crippen LogP contribution in [0.5, 0.6) is 0 Å². The fraction of sp³-hybridized carbons (Fsp3) is 0.739. The first kappa shape index (κ1) is 33.6. The molecule has 0 aliphatic rings. The molecule has 212 valence electrons. The number of rotatable bonds is 18. The lowest BCUT2D eigenvalue weighted by atomic mass is 9.96. The van der Waals surface area contributed by atoms with E-state index in [-0.39, 0.29) is 31.3 Å². The number of aliphatic carboxylic acids is 2. The third-order valence-corrected chi connectivity index (χ3v) is 6.19. The molecule has 0 aromatic carbocycles. The van der Waals surface area contributed by atoms with Crippen molar-refractivity contribution in [1.82, 2.24) is 16.0 Å². The number of guanidine groups is 1. The average Bonchev–Trinajstić information content (AvgIpc) is 2.84. The van der Waals surface area contributed by atoms with E-state index < -0.39 is 66.2 Å². The van der Waals surface area contributed by atoms with Crippen molar-refractivity contribution in [2.24, 2.45) is 34.0 Å². The van der Waals surface area contributed by atoms with Crippen LogP contribution in [0.25, 0.3) is 0 Å². The van der Waals surface area contributed by atoms with E-state index in [9.17, 15) is 29.1 Å². The highest BCUT2D eigenvalue weighted by atomic mass is 16.4. The number of aliphatic imine (C=N–C) groups is 1. The van der Waals surface area contributed by atoms with Crippen LogP contribution in [0.4, 0.5) is 0 Å². The van der Waals surface area contributed by atoms with Crippen LogP contribution >= 0.6 is 0 Å². The number of carbonyl (C=O) groups excluding carboxylic acids is 3. The minimum absolute atomic E-state index is 0.117. The molecule has 0 fully saturated rings. The molecule has 3 amide bonds. The van der Waals surface area contributed by atoms with Crippen molar-refractivity contribution in [3.05, 3.63) is 0 Å². The largest absolute Gasteiger partial charge is 0.481 e. The van der Waals surface area contributed by atoms with E-state index in [4.69, 9.17) is 22.3 Å². The van der Waals surface area contributed by atoms with Crippen LogP contribution in [-0.2, 0) is 24.0 Å². The van der Waals surface area contributed by atoms with Crippen molar-refractivity contribution in [2.75, 3.05) is 6.54 Å². The fourth-order valence-corrected chi connectivity index (χ4v) is 3.30. The summed E-state index contributed by atoms with van der Waals surface area (Å²) in [6.07, 6.45) is 0.815. The van der Waals surface area contributed by atoms with E-state index in [1.54, 1.807) is 13.8 Å². The smallest absolute Gasteiger partial charge is 0.326 e. The van der Waals surface area contributed by atoms with Gasteiger partial charge in [0.25, 0.3) is 0 Å². The second-order valence-corrected chi connectivity index (χ2v) is 9.12. The van der Waals surface area contributed by atoms with E-state index in [1.165, 1.54) is 0 Å². The Morgan fingerprint density at radius 1 is 0.811 bits per heavy atom. The molecule has 0 aromatic rings. The third-order valence-electron chi connectivity index (χ3n) is 6.19. The van der Waals surface area contributed by atoms with Crippen molar-refractivity contribution in [2.45, 2.75) is 90.4 Å². The number of nitrogens with one attached hydrogen (secondary N) is 3. The predicted octanol–water partition coefficient (Wildman–Crippen LogP) is -1.14. The first-order chi connectivity index (χ1) is 17.2. The van der Waals surface area contributed by atoms with Gasteiger partial charge in [-0.3, -0.25) is 24.2 Å². The highest BCUT2D eigenvalue weighted by molar-refractivity contribution is 5.94. The maximum Gasteiger partial charge on any atom is 0.326 e. The lowest BCUT2D eigenvalue weighted by molar-refractivity contribution is -0.143. The van der Waals surface area contributed by atoms with E-state index in [0.29, 0.717) is 19.3 Å². The second kappa shape index (κ2) is 17.1. The van der Waals surface area contributed by atoms with Crippen molar-refractivity contribution in [1.29, 1.82) is 0 Å². The van der Waals surface area contributed by atoms with Gasteiger partial charge in [-0.2, -0.15) is 0 Å². The van der Waals surface area contributed by atoms with E-state index in [2.05, 4.69) is 20.9 Å². The summed E-state index contributed by atoms with van der Waals surface area (Å²) in [5.74, 6) is -5.22. The second-order valence-electron chi connectivity index (χ2n) is 9.12. The SMILES string of the molecule is CCC(C)C(N)C(=O)NC(CCCN=C(N)N)C(=O)NC(C(=O)NC(CCC(=O)O)C(=O)O)C(C)CC. The molecule has 0 saturated carbocycles. The summed E-state index contributed by atoms with van der Waals surface area (Å²) in [7, 11) is 0. The molecule has 11 N–H and O–H groups in total. The molecule has 0 saturated heterocycles. The third kappa shape index (κ3) is 12.9. The lowest BCUT2D eigenvalue weighted by Gasteiger charge is -2.28.